The van der Waals surface area contributed by atoms with Crippen molar-refractivity contribution in [3.8, 4) is 0 Å². The first-order valence-corrected chi connectivity index (χ1v) is 7.33. The predicted molar refractivity (Wildman–Crippen MR) is 69.6 cm³/mol. The fourth-order valence-electron chi connectivity index (χ4n) is 3.27. The van der Waals surface area contributed by atoms with Crippen LogP contribution in [0.2, 0.25) is 0 Å². The number of nitrogens with one attached hydrogen (secondary N) is 1. The van der Waals surface area contributed by atoms with Crippen LogP contribution in [-0.2, 0) is 5.41 Å². The molecule has 2 aliphatic rings. The second-order valence-corrected chi connectivity index (χ2v) is 6.10. The number of hydrogen-bond donors (Lipinski definition) is 1. The van der Waals surface area contributed by atoms with Gasteiger partial charge in [0.25, 0.3) is 0 Å². The Morgan fingerprint density at radius 3 is 2.61 bits per heavy atom. The summed E-state index contributed by atoms with van der Waals surface area (Å²) in [6.45, 7) is 4.43. The van der Waals surface area contributed by atoms with E-state index in [1.54, 1.807) is 0 Å². The van der Waals surface area contributed by atoms with E-state index in [0.29, 0.717) is 5.92 Å². The Bertz CT molecular complexity index is 389. The Kier molecular flexibility index (Phi) is 3.37. The average molecular weight is 249 g/mol. The Morgan fingerprint density at radius 1 is 1.17 bits per heavy atom. The zero-order valence-electron chi connectivity index (χ0n) is 11.2. The highest BCUT2D eigenvalue weighted by molar-refractivity contribution is 5.07. The molecule has 1 aliphatic carbocycles. The molecular weight excluding hydrogens is 226 g/mol. The van der Waals surface area contributed by atoms with E-state index < -0.39 is 0 Å². The van der Waals surface area contributed by atoms with Crippen molar-refractivity contribution in [3.63, 3.8) is 0 Å². The maximum absolute atomic E-state index is 5.58. The third kappa shape index (κ3) is 2.30. The average Bonchev–Trinajstić information content (AvgIpc) is 2.91. The largest absolute Gasteiger partial charge is 0.339 e. The standard InChI is InChI=1S/C14H23N3O/c1-14(7-3-2-4-8-14)13-16-12(17-18-13)11-5-9-15-10-6-11/h11,15H,2-10H2,1H3. The smallest absolute Gasteiger partial charge is 0.232 e. The molecule has 0 aromatic carbocycles. The number of nitrogens with zero attached hydrogens (tertiary/aromatic N) is 2. The van der Waals surface area contributed by atoms with Gasteiger partial charge in [-0.3, -0.25) is 0 Å². The van der Waals surface area contributed by atoms with Crippen LogP contribution in [0, 0.1) is 0 Å². The van der Waals surface area contributed by atoms with Crippen LogP contribution < -0.4 is 5.32 Å². The van der Waals surface area contributed by atoms with Crippen LogP contribution in [0.25, 0.3) is 0 Å². The number of piperidine rings is 1. The summed E-state index contributed by atoms with van der Waals surface area (Å²) >= 11 is 0. The van der Waals surface area contributed by atoms with Gasteiger partial charge in [0, 0.05) is 11.3 Å². The highest BCUT2D eigenvalue weighted by Gasteiger charge is 2.35. The molecule has 4 heteroatoms. The normalized spacial score (nSPS) is 25.2. The lowest BCUT2D eigenvalue weighted by Crippen LogP contribution is -2.28. The molecule has 0 radical (unpaired) electrons. The van der Waals surface area contributed by atoms with E-state index in [0.717, 1.165) is 37.6 Å². The molecule has 0 amide bonds. The lowest BCUT2D eigenvalue weighted by Gasteiger charge is -2.29. The third-order valence-electron chi connectivity index (χ3n) is 4.62. The zero-order chi connectivity index (χ0) is 12.4. The lowest BCUT2D eigenvalue weighted by molar-refractivity contribution is 0.231. The van der Waals surface area contributed by atoms with Gasteiger partial charge in [0.2, 0.25) is 5.89 Å². The molecule has 0 unspecified atom stereocenters. The van der Waals surface area contributed by atoms with Crippen molar-refractivity contribution in [2.24, 2.45) is 0 Å². The van der Waals surface area contributed by atoms with E-state index in [-0.39, 0.29) is 5.41 Å². The van der Waals surface area contributed by atoms with Gasteiger partial charge in [0.15, 0.2) is 5.82 Å². The fraction of sp³-hybridized carbons (Fsp3) is 0.857. The van der Waals surface area contributed by atoms with E-state index >= 15 is 0 Å². The lowest BCUT2D eigenvalue weighted by atomic mass is 9.75. The molecule has 18 heavy (non-hydrogen) atoms. The molecule has 3 rings (SSSR count). The maximum Gasteiger partial charge on any atom is 0.232 e. The molecule has 0 spiro atoms. The molecule has 0 bridgehead atoms. The minimum atomic E-state index is 0.135. The van der Waals surface area contributed by atoms with Gasteiger partial charge >= 0.3 is 0 Å². The highest BCUT2D eigenvalue weighted by atomic mass is 16.5. The van der Waals surface area contributed by atoms with Gasteiger partial charge in [0.05, 0.1) is 0 Å². The molecule has 1 saturated carbocycles. The molecule has 1 aromatic heterocycles. The van der Waals surface area contributed by atoms with E-state index in [2.05, 4.69) is 17.4 Å². The number of hydrogen-bond acceptors (Lipinski definition) is 4. The second kappa shape index (κ2) is 5.00. The molecule has 4 nitrogen and oxygen atoms in total. The Balaban J connectivity index is 1.75. The molecule has 1 saturated heterocycles. The Hall–Kier alpha value is -0.900. The van der Waals surface area contributed by atoms with Gasteiger partial charge in [-0.2, -0.15) is 4.98 Å². The van der Waals surface area contributed by atoms with Gasteiger partial charge in [-0.05, 0) is 38.8 Å². The first kappa shape index (κ1) is 12.2. The minimum Gasteiger partial charge on any atom is -0.339 e. The Morgan fingerprint density at radius 2 is 1.89 bits per heavy atom. The monoisotopic (exact) mass is 249 g/mol. The topological polar surface area (TPSA) is 51.0 Å². The van der Waals surface area contributed by atoms with Crippen LogP contribution in [-0.4, -0.2) is 23.2 Å². The van der Waals surface area contributed by atoms with E-state index in [4.69, 9.17) is 9.51 Å². The van der Waals surface area contributed by atoms with Crippen molar-refractivity contribution in [3.05, 3.63) is 11.7 Å². The minimum absolute atomic E-state index is 0.135. The summed E-state index contributed by atoms with van der Waals surface area (Å²) in [5.74, 6) is 2.32. The van der Waals surface area contributed by atoms with Gasteiger partial charge < -0.3 is 9.84 Å². The van der Waals surface area contributed by atoms with Crippen LogP contribution in [0.4, 0.5) is 0 Å². The fourth-order valence-corrected chi connectivity index (χ4v) is 3.27. The van der Waals surface area contributed by atoms with E-state index in [1.807, 2.05) is 0 Å². The van der Waals surface area contributed by atoms with Gasteiger partial charge in [0.1, 0.15) is 0 Å². The summed E-state index contributed by atoms with van der Waals surface area (Å²) in [6, 6.07) is 0. The van der Waals surface area contributed by atoms with Gasteiger partial charge in [-0.15, -0.1) is 0 Å². The van der Waals surface area contributed by atoms with Crippen LogP contribution in [0.3, 0.4) is 0 Å². The molecule has 2 heterocycles. The highest BCUT2D eigenvalue weighted by Crippen LogP contribution is 2.38. The SMILES string of the molecule is CC1(c2nc(C3CCNCC3)no2)CCCCC1. The van der Waals surface area contributed by atoms with Crippen LogP contribution in [0.15, 0.2) is 4.52 Å². The van der Waals surface area contributed by atoms with Crippen LogP contribution in [0.1, 0.15) is 69.5 Å². The van der Waals surface area contributed by atoms with Gasteiger partial charge in [-0.1, -0.05) is 31.3 Å². The van der Waals surface area contributed by atoms with Crippen molar-refractivity contribution < 1.29 is 4.52 Å². The molecule has 100 valence electrons. The molecule has 1 aromatic rings. The second-order valence-electron chi connectivity index (χ2n) is 6.10. The summed E-state index contributed by atoms with van der Waals surface area (Å²) in [5.41, 5.74) is 0.135. The maximum atomic E-state index is 5.58. The third-order valence-corrected chi connectivity index (χ3v) is 4.62. The van der Waals surface area contributed by atoms with Crippen LogP contribution >= 0.6 is 0 Å². The summed E-state index contributed by atoms with van der Waals surface area (Å²) < 4.78 is 5.58. The predicted octanol–water partition coefficient (Wildman–Crippen LogP) is 2.76. The van der Waals surface area contributed by atoms with Crippen molar-refractivity contribution in [1.82, 2.24) is 15.5 Å². The van der Waals surface area contributed by atoms with Crippen molar-refractivity contribution in [2.45, 2.75) is 63.2 Å². The zero-order valence-corrected chi connectivity index (χ0v) is 11.2. The first-order valence-electron chi connectivity index (χ1n) is 7.33. The summed E-state index contributed by atoms with van der Waals surface area (Å²) in [5, 5.41) is 7.62. The van der Waals surface area contributed by atoms with Crippen molar-refractivity contribution in [1.29, 1.82) is 0 Å². The molecule has 2 fully saturated rings. The van der Waals surface area contributed by atoms with Crippen LogP contribution in [0.5, 0.6) is 0 Å². The summed E-state index contributed by atoms with van der Waals surface area (Å²) in [4.78, 5) is 4.72. The quantitative estimate of drug-likeness (QED) is 0.875. The van der Waals surface area contributed by atoms with E-state index in [9.17, 15) is 0 Å². The van der Waals surface area contributed by atoms with E-state index in [1.165, 1.54) is 32.1 Å². The van der Waals surface area contributed by atoms with Gasteiger partial charge in [-0.25, -0.2) is 0 Å². The first-order chi connectivity index (χ1) is 8.78. The number of rotatable bonds is 2. The van der Waals surface area contributed by atoms with Crippen molar-refractivity contribution >= 4 is 0 Å². The molecule has 0 atom stereocenters. The molecule has 1 N–H and O–H groups in total. The van der Waals surface area contributed by atoms with Crippen molar-refractivity contribution in [2.75, 3.05) is 13.1 Å². The molecule has 1 aliphatic heterocycles. The molecular formula is C14H23N3O. The summed E-state index contributed by atoms with van der Waals surface area (Å²) in [6.07, 6.45) is 8.60. The summed E-state index contributed by atoms with van der Waals surface area (Å²) in [7, 11) is 0. The Labute approximate surface area is 109 Å². The number of aromatic nitrogens is 2.